The molecule has 0 atom stereocenters. The van der Waals surface area contributed by atoms with Gasteiger partial charge in [0.15, 0.2) is 0 Å². The summed E-state index contributed by atoms with van der Waals surface area (Å²) in [5.41, 5.74) is 2.79. The van der Waals surface area contributed by atoms with Crippen LogP contribution in [0.2, 0.25) is 0 Å². The van der Waals surface area contributed by atoms with Crippen LogP contribution in [0.1, 0.15) is 0 Å². The first-order valence-corrected chi connectivity index (χ1v) is 4.96. The van der Waals surface area contributed by atoms with Crippen molar-refractivity contribution in [2.75, 3.05) is 0 Å². The van der Waals surface area contributed by atoms with Crippen molar-refractivity contribution in [2.45, 2.75) is 0 Å². The van der Waals surface area contributed by atoms with Crippen molar-refractivity contribution in [1.82, 2.24) is 0 Å². The van der Waals surface area contributed by atoms with Crippen LogP contribution in [0.3, 0.4) is 0 Å². The summed E-state index contributed by atoms with van der Waals surface area (Å²) in [4.78, 5) is 0. The molecule has 64 valence electrons. The van der Waals surface area contributed by atoms with Crippen molar-refractivity contribution in [3.63, 3.8) is 0 Å². The second-order valence-corrected chi connectivity index (χ2v) is 3.80. The van der Waals surface area contributed by atoms with E-state index in [-0.39, 0.29) is 0 Å². The first-order valence-electron chi connectivity index (χ1n) is 4.17. The number of hydrogen-bond acceptors (Lipinski definition) is 0. The Labute approximate surface area is 86.4 Å². The van der Waals surface area contributed by atoms with Crippen LogP contribution in [-0.4, -0.2) is 0 Å². The molecule has 0 fully saturated rings. The topological polar surface area (TPSA) is 0 Å². The van der Waals surface area contributed by atoms with Gasteiger partial charge in [0.25, 0.3) is 0 Å². The molecule has 13 heavy (non-hydrogen) atoms. The van der Waals surface area contributed by atoms with Crippen LogP contribution in [0.4, 0.5) is 0 Å². The van der Waals surface area contributed by atoms with Gasteiger partial charge in [-0.3, -0.25) is 0 Å². The van der Waals surface area contributed by atoms with Gasteiger partial charge in [-0.2, -0.15) is 0 Å². The van der Waals surface area contributed by atoms with E-state index < -0.39 is 0 Å². The van der Waals surface area contributed by atoms with Crippen molar-refractivity contribution >= 4 is 15.9 Å². The van der Waals surface area contributed by atoms with E-state index in [1.807, 2.05) is 36.4 Å². The van der Waals surface area contributed by atoms with Gasteiger partial charge in [-0.15, -0.1) is 0 Å². The Kier molecular flexibility index (Phi) is 2.46. The minimum atomic E-state index is 1.21. The molecule has 0 spiro atoms. The third-order valence-corrected chi connectivity index (χ3v) is 2.27. The summed E-state index contributed by atoms with van der Waals surface area (Å²) in [7, 11) is 0. The lowest BCUT2D eigenvalue weighted by Crippen LogP contribution is -1.47. The number of rotatable bonds is 0. The molecule has 0 radical (unpaired) electrons. The molecule has 0 saturated carbocycles. The second kappa shape index (κ2) is 3.75. The van der Waals surface area contributed by atoms with E-state index >= 15 is 0 Å². The van der Waals surface area contributed by atoms with E-state index in [9.17, 15) is 0 Å². The van der Waals surface area contributed by atoms with Crippen LogP contribution < -0.4 is 0 Å². The molecule has 0 N–H and O–H groups in total. The highest BCUT2D eigenvalue weighted by atomic mass is 79.9. The molecule has 0 unspecified atom stereocenters. The lowest BCUT2D eigenvalue weighted by Gasteiger charge is -1.69. The van der Waals surface area contributed by atoms with Crippen LogP contribution in [0, 0.1) is 0 Å². The number of fused-ring (bicyclic) bond motifs is 1. The van der Waals surface area contributed by atoms with Gasteiger partial charge in [0.1, 0.15) is 0 Å². The number of hydrogen-bond donors (Lipinski definition) is 0. The molecule has 1 aromatic carbocycles. The van der Waals surface area contributed by atoms with Crippen LogP contribution >= 0.6 is 15.9 Å². The molecule has 0 amide bonds. The zero-order chi connectivity index (χ0) is 9.10. The summed E-state index contributed by atoms with van der Waals surface area (Å²) in [6.45, 7) is 0. The standard InChI is InChI=1S/C6H3Br.C6H6/c7-6-2-4-1-5(4)3-6;1-2-4-6-5-3-1/h1-3H;1-6H. The lowest BCUT2D eigenvalue weighted by atomic mass is 10.4. The Hall–Kier alpha value is -1.08. The Morgan fingerprint density at radius 3 is 1.23 bits per heavy atom. The van der Waals surface area contributed by atoms with E-state index in [1.165, 1.54) is 15.6 Å². The van der Waals surface area contributed by atoms with E-state index in [0.29, 0.717) is 0 Å². The Bertz CT molecular complexity index is 346. The maximum Gasteiger partial charge on any atom is 0.0187 e. The van der Waals surface area contributed by atoms with Gasteiger partial charge >= 0.3 is 0 Å². The molecule has 0 aromatic heterocycles. The van der Waals surface area contributed by atoms with Crippen molar-refractivity contribution in [3.8, 4) is 11.1 Å². The molecule has 0 nitrogen and oxygen atoms in total. The Balaban J connectivity index is 0.000000102. The first kappa shape index (κ1) is 8.52. The molecule has 1 aromatic rings. The van der Waals surface area contributed by atoms with Gasteiger partial charge in [-0.1, -0.05) is 52.3 Å². The van der Waals surface area contributed by atoms with E-state index in [1.54, 1.807) is 0 Å². The van der Waals surface area contributed by atoms with Crippen molar-refractivity contribution in [3.05, 3.63) is 59.1 Å². The van der Waals surface area contributed by atoms with Crippen LogP contribution in [0.15, 0.2) is 59.1 Å². The number of benzene rings is 2. The third-order valence-electron chi connectivity index (χ3n) is 1.81. The Morgan fingerprint density at radius 2 is 1.00 bits per heavy atom. The maximum absolute atomic E-state index is 3.35. The minimum absolute atomic E-state index is 1.21. The second-order valence-electron chi connectivity index (χ2n) is 2.88. The third kappa shape index (κ3) is 2.43. The zero-order valence-electron chi connectivity index (χ0n) is 7.07. The Morgan fingerprint density at radius 1 is 0.615 bits per heavy atom. The molecule has 2 aliphatic carbocycles. The summed E-state index contributed by atoms with van der Waals surface area (Å²) >= 11 is 3.35. The molecule has 0 aliphatic heterocycles. The molecule has 2 aliphatic rings. The highest BCUT2D eigenvalue weighted by Crippen LogP contribution is 2.38. The highest BCUT2D eigenvalue weighted by molar-refractivity contribution is 9.10. The SMILES string of the molecule is Brc1cc2cc-2c1.c1ccccc1. The summed E-state index contributed by atoms with van der Waals surface area (Å²) in [5.74, 6) is 0. The van der Waals surface area contributed by atoms with Gasteiger partial charge in [0, 0.05) is 4.47 Å². The van der Waals surface area contributed by atoms with Gasteiger partial charge in [-0.05, 0) is 29.3 Å². The van der Waals surface area contributed by atoms with E-state index in [4.69, 9.17) is 0 Å². The average molecular weight is 233 g/mol. The highest BCUT2D eigenvalue weighted by Gasteiger charge is 2.11. The summed E-state index contributed by atoms with van der Waals surface area (Å²) in [6, 6.07) is 18.4. The van der Waals surface area contributed by atoms with Gasteiger partial charge in [0.2, 0.25) is 0 Å². The fourth-order valence-electron chi connectivity index (χ4n) is 1.11. The smallest absolute Gasteiger partial charge is 0.0187 e. The van der Waals surface area contributed by atoms with Gasteiger partial charge < -0.3 is 0 Å². The molecule has 1 heteroatoms. The fraction of sp³-hybridized carbons (Fsp3) is 0. The summed E-state index contributed by atoms with van der Waals surface area (Å²) < 4.78 is 1.21. The van der Waals surface area contributed by atoms with Gasteiger partial charge in [0.05, 0.1) is 0 Å². The molecule has 0 saturated heterocycles. The zero-order valence-corrected chi connectivity index (χ0v) is 8.66. The largest absolute Gasteiger partial charge is 0.0623 e. The fourth-order valence-corrected chi connectivity index (χ4v) is 1.60. The number of halogens is 1. The maximum atomic E-state index is 3.35. The van der Waals surface area contributed by atoms with Crippen molar-refractivity contribution in [2.24, 2.45) is 0 Å². The molecule has 0 heterocycles. The first-order chi connectivity index (χ1) is 6.36. The predicted molar refractivity (Wildman–Crippen MR) is 59.6 cm³/mol. The van der Waals surface area contributed by atoms with Crippen LogP contribution in [-0.2, 0) is 0 Å². The average Bonchev–Trinajstić information content (AvgIpc) is 2.78. The monoisotopic (exact) mass is 232 g/mol. The lowest BCUT2D eigenvalue weighted by molar-refractivity contribution is 1.72. The van der Waals surface area contributed by atoms with E-state index in [2.05, 4.69) is 34.1 Å². The molecule has 3 rings (SSSR count). The van der Waals surface area contributed by atoms with Crippen LogP contribution in [0.25, 0.3) is 11.1 Å². The quantitative estimate of drug-likeness (QED) is 0.548. The molecule has 0 bridgehead atoms. The van der Waals surface area contributed by atoms with Crippen LogP contribution in [0.5, 0.6) is 0 Å². The van der Waals surface area contributed by atoms with Crippen molar-refractivity contribution < 1.29 is 0 Å². The summed E-state index contributed by atoms with van der Waals surface area (Å²) in [6.07, 6.45) is 0. The molecular weight excluding hydrogens is 224 g/mol. The molecular formula is C12H9Br. The minimum Gasteiger partial charge on any atom is -0.0623 e. The normalized spacial score (nSPS) is 9.92. The van der Waals surface area contributed by atoms with E-state index in [0.717, 1.165) is 0 Å². The van der Waals surface area contributed by atoms with Gasteiger partial charge in [-0.25, -0.2) is 0 Å². The summed E-state index contributed by atoms with van der Waals surface area (Å²) in [5, 5.41) is 0. The van der Waals surface area contributed by atoms with Crippen molar-refractivity contribution in [1.29, 1.82) is 0 Å². The predicted octanol–water partition coefficient (Wildman–Crippen LogP) is 4.12.